The second-order valence-electron chi connectivity index (χ2n) is 8.85. The molecule has 0 unspecified atom stereocenters. The minimum atomic E-state index is -0.958. The summed E-state index contributed by atoms with van der Waals surface area (Å²) in [6.45, 7) is 13.0. The third-order valence-corrected chi connectivity index (χ3v) is 3.92. The third-order valence-electron chi connectivity index (χ3n) is 3.92. The van der Waals surface area contributed by atoms with Crippen molar-refractivity contribution >= 4 is 18.0 Å². The molecule has 1 saturated heterocycles. The Morgan fingerprint density at radius 3 is 2.19 bits per heavy atom. The molecule has 1 aliphatic heterocycles. The summed E-state index contributed by atoms with van der Waals surface area (Å²) in [5.74, 6) is -1.27. The minimum absolute atomic E-state index is 0.311. The van der Waals surface area contributed by atoms with Gasteiger partial charge in [-0.15, -0.1) is 0 Å². The molecule has 1 rings (SSSR count). The predicted molar refractivity (Wildman–Crippen MR) is 97.9 cm³/mol. The molecular formula is C18H33N3O5. The van der Waals surface area contributed by atoms with Gasteiger partial charge in [-0.05, 0) is 67.9 Å². The first-order valence-electron chi connectivity index (χ1n) is 9.01. The average Bonchev–Trinajstić information content (AvgIpc) is 2.82. The Kier molecular flexibility index (Phi) is 7.04. The first-order chi connectivity index (χ1) is 11.7. The molecule has 0 aromatic heterocycles. The fourth-order valence-electron chi connectivity index (χ4n) is 3.07. The van der Waals surface area contributed by atoms with E-state index in [1.165, 1.54) is 0 Å². The summed E-state index contributed by atoms with van der Waals surface area (Å²) in [5.41, 5.74) is -1.14. The number of nitrogens with one attached hydrogen (secondary N) is 2. The summed E-state index contributed by atoms with van der Waals surface area (Å²) in [6.07, 6.45) is 0.535. The van der Waals surface area contributed by atoms with Gasteiger partial charge in [0.25, 0.3) is 0 Å². The van der Waals surface area contributed by atoms with E-state index in [0.29, 0.717) is 19.4 Å². The van der Waals surface area contributed by atoms with Crippen molar-refractivity contribution in [3.05, 3.63) is 0 Å². The van der Waals surface area contributed by atoms with Crippen LogP contribution in [0.25, 0.3) is 0 Å². The number of hydrogen-bond acceptors (Lipinski definition) is 5. The van der Waals surface area contributed by atoms with Crippen LogP contribution in [0.1, 0.15) is 61.3 Å². The van der Waals surface area contributed by atoms with Crippen molar-refractivity contribution in [2.24, 2.45) is 0 Å². The van der Waals surface area contributed by atoms with E-state index in [-0.39, 0.29) is 5.91 Å². The number of likely N-dealkylation sites (tertiary alicyclic amines) is 1. The number of ether oxygens (including phenoxy) is 1. The van der Waals surface area contributed by atoms with Gasteiger partial charge in [0.15, 0.2) is 0 Å². The van der Waals surface area contributed by atoms with Crippen LogP contribution in [0.5, 0.6) is 0 Å². The second kappa shape index (κ2) is 8.24. The number of alkyl carbamates (subject to hydrolysis) is 1. The van der Waals surface area contributed by atoms with Crippen LogP contribution in [0, 0.1) is 0 Å². The second-order valence-corrected chi connectivity index (χ2v) is 8.85. The van der Waals surface area contributed by atoms with Crippen LogP contribution in [0.2, 0.25) is 0 Å². The zero-order chi connectivity index (χ0) is 20.3. The summed E-state index contributed by atoms with van der Waals surface area (Å²) in [5, 5.41) is 15.1. The lowest BCUT2D eigenvalue weighted by Gasteiger charge is -2.36. The fraction of sp³-hybridized carbons (Fsp3) is 0.833. The Labute approximate surface area is 155 Å². The number of carboxylic acids is 1. The third kappa shape index (κ3) is 6.82. The number of amides is 2. The molecule has 0 aromatic rings. The van der Waals surface area contributed by atoms with Crippen molar-refractivity contribution in [2.45, 2.75) is 90.6 Å². The molecule has 8 heteroatoms. The van der Waals surface area contributed by atoms with Gasteiger partial charge in [-0.25, -0.2) is 4.79 Å². The molecule has 3 atom stereocenters. The smallest absolute Gasteiger partial charge is 0.407 e. The lowest BCUT2D eigenvalue weighted by atomic mass is 10.0. The molecule has 1 aliphatic rings. The molecule has 0 bridgehead atoms. The summed E-state index contributed by atoms with van der Waals surface area (Å²) in [4.78, 5) is 38.2. The van der Waals surface area contributed by atoms with Crippen LogP contribution in [0.4, 0.5) is 4.79 Å². The number of nitrogens with zero attached hydrogens (tertiary/aromatic N) is 1. The number of hydrogen-bond donors (Lipinski definition) is 3. The molecule has 0 saturated carbocycles. The largest absolute Gasteiger partial charge is 0.480 e. The van der Waals surface area contributed by atoms with Gasteiger partial charge in [0, 0.05) is 5.54 Å². The van der Waals surface area contributed by atoms with E-state index in [1.807, 2.05) is 20.8 Å². The van der Waals surface area contributed by atoms with Crippen LogP contribution in [0.15, 0.2) is 0 Å². The van der Waals surface area contributed by atoms with E-state index in [2.05, 4.69) is 10.6 Å². The normalized spacial score (nSPS) is 21.0. The number of aliphatic carboxylic acids is 1. The molecule has 1 fully saturated rings. The van der Waals surface area contributed by atoms with Crippen LogP contribution in [0.3, 0.4) is 0 Å². The molecule has 0 aliphatic carbocycles. The molecule has 0 spiro atoms. The summed E-state index contributed by atoms with van der Waals surface area (Å²) >= 11 is 0. The first kappa shape index (κ1) is 22.2. The minimum Gasteiger partial charge on any atom is -0.480 e. The van der Waals surface area contributed by atoms with Gasteiger partial charge in [0.1, 0.15) is 17.7 Å². The van der Waals surface area contributed by atoms with Crippen molar-refractivity contribution in [1.82, 2.24) is 15.5 Å². The molecule has 2 amide bonds. The van der Waals surface area contributed by atoms with Crippen molar-refractivity contribution in [1.29, 1.82) is 0 Å². The summed E-state index contributed by atoms with van der Waals surface area (Å²) in [7, 11) is 0. The Balaban J connectivity index is 3.01. The zero-order valence-corrected chi connectivity index (χ0v) is 16.9. The molecule has 8 nitrogen and oxygen atoms in total. The predicted octanol–water partition coefficient (Wildman–Crippen LogP) is 1.73. The maximum absolute atomic E-state index is 12.9. The molecule has 0 radical (unpaired) electrons. The monoisotopic (exact) mass is 371 g/mol. The lowest BCUT2D eigenvalue weighted by Crippen LogP contribution is -2.62. The van der Waals surface area contributed by atoms with E-state index in [4.69, 9.17) is 4.74 Å². The SMILES string of the molecule is C[C@H](NC(=O)OC(C)(C)C)[C@@H](C(=O)NC(C)(C)C)N1CCC[C@H]1C(=O)O. The first-order valence-corrected chi connectivity index (χ1v) is 9.01. The Bertz CT molecular complexity index is 536. The quantitative estimate of drug-likeness (QED) is 0.679. The van der Waals surface area contributed by atoms with Gasteiger partial charge in [-0.1, -0.05) is 0 Å². The van der Waals surface area contributed by atoms with Crippen LogP contribution in [-0.2, 0) is 14.3 Å². The highest BCUT2D eigenvalue weighted by Crippen LogP contribution is 2.23. The van der Waals surface area contributed by atoms with E-state index >= 15 is 0 Å². The van der Waals surface area contributed by atoms with Gasteiger partial charge >= 0.3 is 12.1 Å². The standard InChI is InChI=1S/C18H33N3O5/c1-11(19-16(25)26-18(5,6)7)13(14(22)20-17(2,3)4)21-10-8-9-12(21)15(23)24/h11-13H,8-10H2,1-7H3,(H,19,25)(H,20,22)(H,23,24)/t11-,12-,13-/m0/s1. The van der Waals surface area contributed by atoms with Crippen molar-refractivity contribution in [3.63, 3.8) is 0 Å². The molecular weight excluding hydrogens is 338 g/mol. The average molecular weight is 371 g/mol. The topological polar surface area (TPSA) is 108 Å². The van der Waals surface area contributed by atoms with Crippen LogP contribution in [-0.4, -0.2) is 63.8 Å². The number of rotatable bonds is 5. The zero-order valence-electron chi connectivity index (χ0n) is 16.9. The number of carboxylic acid groups (broad SMARTS) is 1. The maximum Gasteiger partial charge on any atom is 0.407 e. The van der Waals surface area contributed by atoms with Crippen molar-refractivity contribution in [3.8, 4) is 0 Å². The number of carbonyl (C=O) groups is 3. The fourth-order valence-corrected chi connectivity index (χ4v) is 3.07. The highest BCUT2D eigenvalue weighted by atomic mass is 16.6. The van der Waals surface area contributed by atoms with Gasteiger partial charge in [0.2, 0.25) is 5.91 Å². The van der Waals surface area contributed by atoms with Gasteiger partial charge in [-0.2, -0.15) is 0 Å². The van der Waals surface area contributed by atoms with Crippen molar-refractivity contribution in [2.75, 3.05) is 6.54 Å². The van der Waals surface area contributed by atoms with Crippen LogP contribution < -0.4 is 10.6 Å². The lowest BCUT2D eigenvalue weighted by molar-refractivity contribution is -0.144. The Hall–Kier alpha value is -1.83. The molecule has 0 aromatic carbocycles. The van der Waals surface area contributed by atoms with Gasteiger partial charge in [0.05, 0.1) is 6.04 Å². The van der Waals surface area contributed by atoms with E-state index in [1.54, 1.807) is 32.6 Å². The van der Waals surface area contributed by atoms with Crippen LogP contribution >= 0.6 is 0 Å². The molecule has 3 N–H and O–H groups in total. The molecule has 150 valence electrons. The van der Waals surface area contributed by atoms with E-state index in [0.717, 1.165) is 0 Å². The maximum atomic E-state index is 12.9. The van der Waals surface area contributed by atoms with Gasteiger partial charge < -0.3 is 20.5 Å². The Morgan fingerprint density at radius 1 is 1.15 bits per heavy atom. The highest BCUT2D eigenvalue weighted by Gasteiger charge is 2.42. The Morgan fingerprint density at radius 2 is 1.73 bits per heavy atom. The van der Waals surface area contributed by atoms with Crippen molar-refractivity contribution < 1.29 is 24.2 Å². The van der Waals surface area contributed by atoms with Gasteiger partial charge in [-0.3, -0.25) is 14.5 Å². The van der Waals surface area contributed by atoms with E-state index < -0.39 is 41.3 Å². The number of carbonyl (C=O) groups excluding carboxylic acids is 2. The molecule has 1 heterocycles. The van der Waals surface area contributed by atoms with E-state index in [9.17, 15) is 19.5 Å². The molecule has 26 heavy (non-hydrogen) atoms. The highest BCUT2D eigenvalue weighted by molar-refractivity contribution is 5.85. The summed E-state index contributed by atoms with van der Waals surface area (Å²) < 4.78 is 5.26. The summed E-state index contributed by atoms with van der Waals surface area (Å²) in [6, 6.07) is -2.16.